The maximum absolute atomic E-state index is 11.7. The molecule has 5 rings (SSSR count). The van der Waals surface area contributed by atoms with Gasteiger partial charge in [0, 0.05) is 12.8 Å². The van der Waals surface area contributed by atoms with Crippen molar-refractivity contribution in [2.45, 2.75) is 184 Å². The van der Waals surface area contributed by atoms with E-state index in [0.717, 1.165) is 56.9 Å². The quantitative estimate of drug-likeness (QED) is 0.249. The molecule has 0 aromatic rings. The molecule has 7 unspecified atom stereocenters. The van der Waals surface area contributed by atoms with Crippen molar-refractivity contribution in [2.75, 3.05) is 6.61 Å². The summed E-state index contributed by atoms with van der Waals surface area (Å²) in [6.45, 7) is 16.3. The van der Waals surface area contributed by atoms with Gasteiger partial charge in [0.1, 0.15) is 6.10 Å². The van der Waals surface area contributed by atoms with E-state index in [4.69, 9.17) is 23.7 Å². The van der Waals surface area contributed by atoms with E-state index in [9.17, 15) is 15.3 Å². The largest absolute Gasteiger partial charge is 0.392 e. The van der Waals surface area contributed by atoms with Crippen LogP contribution in [-0.2, 0) is 23.7 Å². The Morgan fingerprint density at radius 1 is 0.851 bits per heavy atom. The standard InChI is InChI=1S/C39H62O8/c1-8-9-10-11-15-33-37(5,42)19-16-30-31(43-33)17-20-38(6)35(44-30)23-32-36(47-38)28(41)24-39(7)34(45-32)22-27(4)29(46-39)14-12-13-25(2)26(3)18-21-40/h8-10,13,18,27-36,40-42H,1,11-12,14-17,19-24H2,2-7H3/b10-9-,25-13+,26-18+/t27?,28?,29-,30?,31-,32?,33+,34?,35?,36-,37?,38+,39+/m0/s1. The van der Waals surface area contributed by atoms with Crippen LogP contribution in [0.1, 0.15) is 112 Å². The second-order valence-electron chi connectivity index (χ2n) is 15.8. The zero-order valence-electron chi connectivity index (χ0n) is 29.7. The zero-order valence-corrected chi connectivity index (χ0v) is 29.7. The molecule has 0 amide bonds. The molecule has 0 saturated carbocycles. The summed E-state index contributed by atoms with van der Waals surface area (Å²) in [6, 6.07) is 0. The van der Waals surface area contributed by atoms with Gasteiger partial charge in [-0.2, -0.15) is 0 Å². The lowest BCUT2D eigenvalue weighted by molar-refractivity contribution is -0.273. The third kappa shape index (κ3) is 8.34. The average molecular weight is 659 g/mol. The maximum atomic E-state index is 11.7. The summed E-state index contributed by atoms with van der Waals surface area (Å²) in [6.07, 6.45) is 15.7. The Hall–Kier alpha value is -1.36. The topological polar surface area (TPSA) is 107 Å². The molecular formula is C39H62O8. The minimum absolute atomic E-state index is 0.0494. The Bertz CT molecular complexity index is 1160. The van der Waals surface area contributed by atoms with Crippen molar-refractivity contribution in [2.24, 2.45) is 5.92 Å². The predicted octanol–water partition coefficient (Wildman–Crippen LogP) is 6.27. The van der Waals surface area contributed by atoms with Crippen LogP contribution in [0.15, 0.2) is 48.1 Å². The minimum Gasteiger partial charge on any atom is -0.392 e. The van der Waals surface area contributed by atoms with E-state index in [2.05, 4.69) is 46.4 Å². The summed E-state index contributed by atoms with van der Waals surface area (Å²) >= 11 is 0. The lowest BCUT2D eigenvalue weighted by atomic mass is 9.79. The predicted molar refractivity (Wildman–Crippen MR) is 183 cm³/mol. The van der Waals surface area contributed by atoms with Crippen LogP contribution in [0.4, 0.5) is 0 Å². The number of aliphatic hydroxyl groups is 3. The van der Waals surface area contributed by atoms with Crippen molar-refractivity contribution < 1.29 is 39.0 Å². The fraction of sp³-hybridized carbons (Fsp3) is 0.795. The highest BCUT2D eigenvalue weighted by Crippen LogP contribution is 2.49. The Labute approximate surface area is 283 Å². The summed E-state index contributed by atoms with van der Waals surface area (Å²) in [5, 5.41) is 32.3. The van der Waals surface area contributed by atoms with Crippen LogP contribution >= 0.6 is 0 Å². The van der Waals surface area contributed by atoms with Gasteiger partial charge >= 0.3 is 0 Å². The van der Waals surface area contributed by atoms with E-state index in [1.54, 1.807) is 6.08 Å². The fourth-order valence-electron chi connectivity index (χ4n) is 8.70. The summed E-state index contributed by atoms with van der Waals surface area (Å²) in [7, 11) is 0. The second kappa shape index (κ2) is 15.3. The first-order valence-electron chi connectivity index (χ1n) is 18.2. The molecule has 5 heterocycles. The average Bonchev–Trinajstić information content (AvgIpc) is 3.27. The highest BCUT2D eigenvalue weighted by molar-refractivity contribution is 5.26. The summed E-state index contributed by atoms with van der Waals surface area (Å²) < 4.78 is 34.2. The van der Waals surface area contributed by atoms with Gasteiger partial charge in [-0.05, 0) is 98.3 Å². The van der Waals surface area contributed by atoms with Crippen molar-refractivity contribution in [3.8, 4) is 0 Å². The van der Waals surface area contributed by atoms with Crippen molar-refractivity contribution in [3.05, 3.63) is 48.1 Å². The van der Waals surface area contributed by atoms with Crippen LogP contribution in [0, 0.1) is 5.92 Å². The smallest absolute Gasteiger partial charge is 0.111 e. The minimum atomic E-state index is -0.922. The molecule has 0 aromatic carbocycles. The molecule has 0 radical (unpaired) electrons. The highest BCUT2D eigenvalue weighted by Gasteiger charge is 2.58. The molecular weight excluding hydrogens is 596 g/mol. The van der Waals surface area contributed by atoms with Crippen LogP contribution < -0.4 is 0 Å². The molecule has 0 spiro atoms. The van der Waals surface area contributed by atoms with Crippen LogP contribution in [0.3, 0.4) is 0 Å². The number of ether oxygens (including phenoxy) is 5. The molecule has 5 fully saturated rings. The van der Waals surface area contributed by atoms with E-state index in [0.29, 0.717) is 25.2 Å². The maximum Gasteiger partial charge on any atom is 0.111 e. The van der Waals surface area contributed by atoms with Gasteiger partial charge in [0.15, 0.2) is 0 Å². The number of rotatable bonds is 9. The number of allylic oxidation sites excluding steroid dienone is 6. The van der Waals surface area contributed by atoms with Crippen molar-refractivity contribution in [1.82, 2.24) is 0 Å². The third-order valence-corrected chi connectivity index (χ3v) is 12.0. The van der Waals surface area contributed by atoms with Gasteiger partial charge in [0.25, 0.3) is 0 Å². The molecule has 266 valence electrons. The lowest BCUT2D eigenvalue weighted by Gasteiger charge is -2.49. The third-order valence-electron chi connectivity index (χ3n) is 12.0. The molecule has 5 aliphatic rings. The Morgan fingerprint density at radius 2 is 1.53 bits per heavy atom. The zero-order chi connectivity index (χ0) is 34.0. The SMILES string of the molecule is C=C/C=C\CC[C@H]1O[C@H]2CC[C@@]3(C)O[C@H]4C(O)C[C@@]5(C)O[C@@H](CC/C=C(C)/C(C)=C/CO)C(C)CC5OC4CC3OC2CCC1(C)O. The summed E-state index contributed by atoms with van der Waals surface area (Å²) in [4.78, 5) is 0. The molecule has 0 aliphatic carbocycles. The fourth-order valence-corrected chi connectivity index (χ4v) is 8.70. The molecule has 47 heavy (non-hydrogen) atoms. The normalized spacial score (nSPS) is 46.3. The first-order valence-corrected chi connectivity index (χ1v) is 18.2. The van der Waals surface area contributed by atoms with Crippen LogP contribution in [-0.4, -0.2) is 93.7 Å². The van der Waals surface area contributed by atoms with Gasteiger partial charge in [-0.15, -0.1) is 0 Å². The lowest BCUT2D eigenvalue weighted by Crippen LogP contribution is -2.59. The van der Waals surface area contributed by atoms with Crippen LogP contribution in [0.25, 0.3) is 0 Å². The Balaban J connectivity index is 1.26. The van der Waals surface area contributed by atoms with E-state index >= 15 is 0 Å². The van der Waals surface area contributed by atoms with E-state index < -0.39 is 29.0 Å². The molecule has 13 atom stereocenters. The summed E-state index contributed by atoms with van der Waals surface area (Å²) in [5.41, 5.74) is 0.159. The van der Waals surface area contributed by atoms with Crippen LogP contribution in [0.5, 0.6) is 0 Å². The molecule has 5 saturated heterocycles. The van der Waals surface area contributed by atoms with Gasteiger partial charge in [-0.25, -0.2) is 0 Å². The highest BCUT2D eigenvalue weighted by atomic mass is 16.6. The van der Waals surface area contributed by atoms with Crippen molar-refractivity contribution in [3.63, 3.8) is 0 Å². The van der Waals surface area contributed by atoms with Gasteiger partial charge in [0.2, 0.25) is 0 Å². The van der Waals surface area contributed by atoms with E-state index in [1.807, 2.05) is 26.0 Å². The molecule has 0 aromatic heterocycles. The first-order chi connectivity index (χ1) is 22.3. The van der Waals surface area contributed by atoms with Gasteiger partial charge < -0.3 is 39.0 Å². The molecule has 5 aliphatic heterocycles. The van der Waals surface area contributed by atoms with Crippen LogP contribution in [0.2, 0.25) is 0 Å². The Morgan fingerprint density at radius 3 is 2.28 bits per heavy atom. The van der Waals surface area contributed by atoms with Crippen molar-refractivity contribution >= 4 is 0 Å². The van der Waals surface area contributed by atoms with Crippen molar-refractivity contribution in [1.29, 1.82) is 0 Å². The van der Waals surface area contributed by atoms with Gasteiger partial charge in [-0.3, -0.25) is 0 Å². The van der Waals surface area contributed by atoms with E-state index in [1.165, 1.54) is 5.57 Å². The van der Waals surface area contributed by atoms with Gasteiger partial charge in [0.05, 0.1) is 72.2 Å². The number of hydrogen-bond donors (Lipinski definition) is 3. The molecule has 8 heteroatoms. The number of fused-ring (bicyclic) bond motifs is 4. The van der Waals surface area contributed by atoms with Gasteiger partial charge in [-0.1, -0.05) is 55.0 Å². The summed E-state index contributed by atoms with van der Waals surface area (Å²) in [5.74, 6) is 0.311. The monoisotopic (exact) mass is 658 g/mol. The first kappa shape index (κ1) is 36.9. The second-order valence-corrected chi connectivity index (χ2v) is 15.8. The number of aliphatic hydroxyl groups excluding tert-OH is 2. The Kier molecular flexibility index (Phi) is 12.0. The molecule has 8 nitrogen and oxygen atoms in total. The molecule has 0 bridgehead atoms. The van der Waals surface area contributed by atoms with E-state index in [-0.39, 0.29) is 49.3 Å². The molecule has 3 N–H and O–H groups in total. The number of hydrogen-bond acceptors (Lipinski definition) is 8.